The standard InChI is InChI=1S/C7H13NO2/c1-5-6(9)8(10)7(2,3)4/h5,10H,1H2,2-4H3. The third-order valence-electron chi connectivity index (χ3n) is 1.02. The summed E-state index contributed by atoms with van der Waals surface area (Å²) in [6.07, 6.45) is 1.07. The number of hydroxylamine groups is 2. The topological polar surface area (TPSA) is 40.5 Å². The zero-order valence-electron chi connectivity index (χ0n) is 6.59. The Hall–Kier alpha value is -0.830. The van der Waals surface area contributed by atoms with E-state index in [1.807, 2.05) is 0 Å². The average molecular weight is 143 g/mol. The molecule has 0 saturated heterocycles. The van der Waals surface area contributed by atoms with Gasteiger partial charge in [-0.15, -0.1) is 0 Å². The molecule has 1 N–H and O–H groups in total. The Labute approximate surface area is 60.9 Å². The molecule has 0 unspecified atom stereocenters. The van der Waals surface area contributed by atoms with Crippen LogP contribution in [-0.2, 0) is 4.79 Å². The van der Waals surface area contributed by atoms with Crippen molar-refractivity contribution in [2.24, 2.45) is 0 Å². The maximum absolute atomic E-state index is 10.7. The van der Waals surface area contributed by atoms with E-state index in [-0.39, 0.29) is 0 Å². The maximum atomic E-state index is 10.7. The first kappa shape index (κ1) is 9.17. The second-order valence-electron chi connectivity index (χ2n) is 3.02. The predicted octanol–water partition coefficient (Wildman–Crippen LogP) is 1.19. The minimum atomic E-state index is -0.550. The fraction of sp³-hybridized carbons (Fsp3) is 0.571. The van der Waals surface area contributed by atoms with Gasteiger partial charge in [0.05, 0.1) is 5.54 Å². The Morgan fingerprint density at radius 3 is 2.10 bits per heavy atom. The normalized spacial score (nSPS) is 10.8. The zero-order valence-corrected chi connectivity index (χ0v) is 6.59. The van der Waals surface area contributed by atoms with Crippen LogP contribution in [0.2, 0.25) is 0 Å². The molecule has 0 aliphatic heterocycles. The van der Waals surface area contributed by atoms with Crippen molar-refractivity contribution < 1.29 is 10.0 Å². The van der Waals surface area contributed by atoms with Crippen LogP contribution in [-0.4, -0.2) is 21.7 Å². The average Bonchev–Trinajstić information content (AvgIpc) is 1.83. The van der Waals surface area contributed by atoms with Gasteiger partial charge in [0.15, 0.2) is 0 Å². The summed E-state index contributed by atoms with van der Waals surface area (Å²) in [6.45, 7) is 8.44. The summed E-state index contributed by atoms with van der Waals surface area (Å²) >= 11 is 0. The number of carbonyl (C=O) groups is 1. The molecule has 0 spiro atoms. The summed E-state index contributed by atoms with van der Waals surface area (Å²) in [5.41, 5.74) is -0.550. The Balaban J connectivity index is 4.21. The first-order valence-corrected chi connectivity index (χ1v) is 3.05. The molecule has 1 amide bonds. The minimum Gasteiger partial charge on any atom is -0.285 e. The van der Waals surface area contributed by atoms with Gasteiger partial charge in [-0.1, -0.05) is 6.58 Å². The minimum absolute atomic E-state index is 0.479. The third kappa shape index (κ3) is 2.19. The van der Waals surface area contributed by atoms with Crippen molar-refractivity contribution in [1.29, 1.82) is 0 Å². The van der Waals surface area contributed by atoms with Crippen molar-refractivity contribution in [2.45, 2.75) is 26.3 Å². The molecule has 0 bridgehead atoms. The first-order valence-electron chi connectivity index (χ1n) is 3.05. The van der Waals surface area contributed by atoms with E-state index in [1.165, 1.54) is 0 Å². The van der Waals surface area contributed by atoms with E-state index >= 15 is 0 Å². The highest BCUT2D eigenvalue weighted by molar-refractivity contribution is 5.86. The van der Waals surface area contributed by atoms with Crippen LogP contribution in [0.1, 0.15) is 20.8 Å². The molecule has 0 aromatic carbocycles. The number of rotatable bonds is 1. The summed E-state index contributed by atoms with van der Waals surface area (Å²) in [6, 6.07) is 0. The van der Waals surface area contributed by atoms with Crippen LogP contribution in [0.15, 0.2) is 12.7 Å². The number of hydrogen-bond donors (Lipinski definition) is 1. The third-order valence-corrected chi connectivity index (χ3v) is 1.02. The molecule has 10 heavy (non-hydrogen) atoms. The molecule has 3 heteroatoms. The van der Waals surface area contributed by atoms with Gasteiger partial charge >= 0.3 is 0 Å². The molecule has 0 aromatic heterocycles. The van der Waals surface area contributed by atoms with Crippen LogP contribution in [0.4, 0.5) is 0 Å². The summed E-state index contributed by atoms with van der Waals surface area (Å²) < 4.78 is 0. The van der Waals surface area contributed by atoms with Gasteiger partial charge < -0.3 is 0 Å². The van der Waals surface area contributed by atoms with E-state index in [1.54, 1.807) is 20.8 Å². The monoisotopic (exact) mass is 143 g/mol. The summed E-state index contributed by atoms with van der Waals surface area (Å²) in [4.78, 5) is 10.7. The lowest BCUT2D eigenvalue weighted by Gasteiger charge is -2.27. The van der Waals surface area contributed by atoms with Crippen molar-refractivity contribution in [1.82, 2.24) is 5.06 Å². The van der Waals surface area contributed by atoms with Gasteiger partial charge in [0.25, 0.3) is 5.91 Å². The summed E-state index contributed by atoms with van der Waals surface area (Å²) in [5.74, 6) is -0.479. The largest absolute Gasteiger partial charge is 0.285 e. The number of amides is 1. The highest BCUT2D eigenvalue weighted by Crippen LogP contribution is 2.09. The summed E-state index contributed by atoms with van der Waals surface area (Å²) in [5, 5.41) is 9.72. The van der Waals surface area contributed by atoms with Crippen molar-refractivity contribution >= 4 is 5.91 Å². The van der Waals surface area contributed by atoms with E-state index in [2.05, 4.69) is 6.58 Å². The molecular weight excluding hydrogens is 130 g/mol. The van der Waals surface area contributed by atoms with Crippen molar-refractivity contribution in [3.05, 3.63) is 12.7 Å². The second-order valence-corrected chi connectivity index (χ2v) is 3.02. The molecule has 0 saturated carbocycles. The molecule has 0 aromatic rings. The van der Waals surface area contributed by atoms with Crippen molar-refractivity contribution in [3.63, 3.8) is 0 Å². The smallest absolute Gasteiger partial charge is 0.269 e. The van der Waals surface area contributed by atoms with Gasteiger partial charge in [-0.25, -0.2) is 5.06 Å². The van der Waals surface area contributed by atoms with Crippen LogP contribution < -0.4 is 0 Å². The Morgan fingerprint density at radius 2 is 2.00 bits per heavy atom. The number of carbonyl (C=O) groups excluding carboxylic acids is 1. The van der Waals surface area contributed by atoms with E-state index < -0.39 is 11.4 Å². The van der Waals surface area contributed by atoms with Gasteiger partial charge in [0, 0.05) is 0 Å². The molecule has 0 rings (SSSR count). The van der Waals surface area contributed by atoms with Crippen LogP contribution in [0.25, 0.3) is 0 Å². The van der Waals surface area contributed by atoms with Gasteiger partial charge in [0.1, 0.15) is 0 Å². The Kier molecular flexibility index (Phi) is 2.60. The Morgan fingerprint density at radius 1 is 1.60 bits per heavy atom. The molecule has 0 aliphatic carbocycles. The van der Waals surface area contributed by atoms with Gasteiger partial charge in [-0.3, -0.25) is 10.0 Å². The molecule has 0 heterocycles. The van der Waals surface area contributed by atoms with Gasteiger partial charge in [-0.2, -0.15) is 0 Å². The fourth-order valence-corrected chi connectivity index (χ4v) is 0.417. The quantitative estimate of drug-likeness (QED) is 0.340. The molecular formula is C7H13NO2. The molecule has 0 aliphatic rings. The van der Waals surface area contributed by atoms with Gasteiger partial charge in [-0.05, 0) is 26.8 Å². The molecule has 58 valence electrons. The highest BCUT2D eigenvalue weighted by Gasteiger charge is 2.22. The van der Waals surface area contributed by atoms with Crippen LogP contribution in [0.3, 0.4) is 0 Å². The predicted molar refractivity (Wildman–Crippen MR) is 38.6 cm³/mol. The lowest BCUT2D eigenvalue weighted by Crippen LogP contribution is -2.42. The van der Waals surface area contributed by atoms with E-state index in [0.29, 0.717) is 5.06 Å². The van der Waals surface area contributed by atoms with Crippen LogP contribution >= 0.6 is 0 Å². The Bertz CT molecular complexity index is 146. The van der Waals surface area contributed by atoms with Gasteiger partial charge in [0.2, 0.25) is 0 Å². The number of nitrogens with zero attached hydrogens (tertiary/aromatic N) is 1. The second kappa shape index (κ2) is 2.84. The lowest BCUT2D eigenvalue weighted by atomic mass is 10.1. The van der Waals surface area contributed by atoms with Crippen LogP contribution in [0.5, 0.6) is 0 Å². The highest BCUT2D eigenvalue weighted by atomic mass is 16.5. The molecule has 3 nitrogen and oxygen atoms in total. The molecule has 0 radical (unpaired) electrons. The SMILES string of the molecule is C=CC(=O)N(O)C(C)(C)C. The molecule has 0 fully saturated rings. The van der Waals surface area contributed by atoms with Crippen molar-refractivity contribution in [2.75, 3.05) is 0 Å². The van der Waals surface area contributed by atoms with Crippen LogP contribution in [0, 0.1) is 0 Å². The maximum Gasteiger partial charge on any atom is 0.269 e. The van der Waals surface area contributed by atoms with E-state index in [4.69, 9.17) is 5.21 Å². The summed E-state index contributed by atoms with van der Waals surface area (Å²) in [7, 11) is 0. The zero-order chi connectivity index (χ0) is 8.36. The van der Waals surface area contributed by atoms with E-state index in [9.17, 15) is 4.79 Å². The fourth-order valence-electron chi connectivity index (χ4n) is 0.417. The number of hydrogen-bond acceptors (Lipinski definition) is 2. The lowest BCUT2D eigenvalue weighted by molar-refractivity contribution is -0.180. The van der Waals surface area contributed by atoms with E-state index in [0.717, 1.165) is 6.08 Å². The molecule has 0 atom stereocenters. The van der Waals surface area contributed by atoms with Crippen molar-refractivity contribution in [3.8, 4) is 0 Å². The first-order chi connectivity index (χ1) is 4.39.